The van der Waals surface area contributed by atoms with Crippen molar-refractivity contribution in [3.8, 4) is 0 Å². The second kappa shape index (κ2) is 6.80. The maximum atomic E-state index is 12.6. The maximum absolute atomic E-state index is 12.6. The summed E-state index contributed by atoms with van der Waals surface area (Å²) in [5, 5.41) is 7.74. The van der Waals surface area contributed by atoms with Crippen LogP contribution in [0.15, 0.2) is 30.3 Å². The number of aromatic nitrogens is 1. The number of rotatable bonds is 4. The Morgan fingerprint density at radius 1 is 1.00 bits per heavy atom. The van der Waals surface area contributed by atoms with Crippen molar-refractivity contribution in [3.63, 3.8) is 0 Å². The van der Waals surface area contributed by atoms with Gasteiger partial charge >= 0.3 is 0 Å². The van der Waals surface area contributed by atoms with Gasteiger partial charge in [-0.1, -0.05) is 43.9 Å². The lowest BCUT2D eigenvalue weighted by molar-refractivity contribution is -0.119. The van der Waals surface area contributed by atoms with E-state index in [9.17, 15) is 4.79 Å². The summed E-state index contributed by atoms with van der Waals surface area (Å²) in [6, 6.07) is 10.6. The van der Waals surface area contributed by atoms with Crippen LogP contribution in [-0.2, 0) is 4.79 Å². The van der Waals surface area contributed by atoms with E-state index in [0.29, 0.717) is 6.04 Å². The Hall–Kier alpha value is -2.10. The molecule has 24 heavy (non-hydrogen) atoms. The standard InChI is InChI=1S/C20H25N3O/c24-20(14-7-1-2-8-14)23-18-13-19(21-15-9-3-4-10-15)22-17-12-6-5-11-16(17)18/h5-6,11-15H,1-4,7-10H2,(H2,21,22,23,24). The Bertz CT molecular complexity index is 731. The fourth-order valence-corrected chi connectivity index (χ4v) is 4.05. The second-order valence-corrected chi connectivity index (χ2v) is 7.17. The summed E-state index contributed by atoms with van der Waals surface area (Å²) in [6.45, 7) is 0. The molecular formula is C20H25N3O. The number of amides is 1. The highest BCUT2D eigenvalue weighted by molar-refractivity contribution is 6.02. The molecule has 0 radical (unpaired) electrons. The highest BCUT2D eigenvalue weighted by atomic mass is 16.1. The van der Waals surface area contributed by atoms with E-state index in [0.717, 1.165) is 35.2 Å². The third-order valence-electron chi connectivity index (χ3n) is 5.41. The number of carbonyl (C=O) groups excluding carboxylic acids is 1. The maximum Gasteiger partial charge on any atom is 0.227 e. The van der Waals surface area contributed by atoms with Gasteiger partial charge in [-0.25, -0.2) is 4.98 Å². The van der Waals surface area contributed by atoms with Crippen LogP contribution in [0.25, 0.3) is 10.9 Å². The predicted octanol–water partition coefficient (Wildman–Crippen LogP) is 4.72. The minimum absolute atomic E-state index is 0.163. The highest BCUT2D eigenvalue weighted by Gasteiger charge is 2.23. The van der Waals surface area contributed by atoms with Gasteiger partial charge in [0, 0.05) is 23.4 Å². The predicted molar refractivity (Wildman–Crippen MR) is 98.2 cm³/mol. The molecule has 0 atom stereocenters. The second-order valence-electron chi connectivity index (χ2n) is 7.17. The molecule has 0 saturated heterocycles. The lowest BCUT2D eigenvalue weighted by Gasteiger charge is -2.17. The normalized spacial score (nSPS) is 19.0. The molecule has 2 fully saturated rings. The Kier molecular flexibility index (Phi) is 4.37. The van der Waals surface area contributed by atoms with Gasteiger partial charge in [0.1, 0.15) is 5.82 Å². The SMILES string of the molecule is O=C(Nc1cc(NC2CCCC2)nc2ccccc12)C1CCCC1. The van der Waals surface area contributed by atoms with Crippen LogP contribution in [0.2, 0.25) is 0 Å². The lowest BCUT2D eigenvalue weighted by Crippen LogP contribution is -2.21. The van der Waals surface area contributed by atoms with Crippen LogP contribution in [0, 0.1) is 5.92 Å². The van der Waals surface area contributed by atoms with Crippen molar-refractivity contribution < 1.29 is 4.79 Å². The van der Waals surface area contributed by atoms with Crippen molar-refractivity contribution in [1.29, 1.82) is 0 Å². The Morgan fingerprint density at radius 3 is 2.50 bits per heavy atom. The molecule has 2 aromatic rings. The molecule has 2 saturated carbocycles. The Balaban J connectivity index is 1.62. The summed E-state index contributed by atoms with van der Waals surface area (Å²) in [7, 11) is 0. The number of hydrogen-bond donors (Lipinski definition) is 2. The number of pyridine rings is 1. The molecule has 4 rings (SSSR count). The number of anilines is 2. The van der Waals surface area contributed by atoms with Crippen molar-refractivity contribution in [2.45, 2.75) is 57.4 Å². The molecule has 1 aromatic carbocycles. The van der Waals surface area contributed by atoms with E-state index >= 15 is 0 Å². The molecular weight excluding hydrogens is 298 g/mol. The monoisotopic (exact) mass is 323 g/mol. The van der Waals surface area contributed by atoms with Crippen molar-refractivity contribution in [2.24, 2.45) is 5.92 Å². The third-order valence-corrected chi connectivity index (χ3v) is 5.41. The summed E-state index contributed by atoms with van der Waals surface area (Å²) >= 11 is 0. The van der Waals surface area contributed by atoms with Gasteiger partial charge in [-0.2, -0.15) is 0 Å². The van der Waals surface area contributed by atoms with Crippen LogP contribution in [0.4, 0.5) is 11.5 Å². The molecule has 2 N–H and O–H groups in total. The van der Waals surface area contributed by atoms with Gasteiger partial charge in [0.25, 0.3) is 0 Å². The summed E-state index contributed by atoms with van der Waals surface area (Å²) in [6.07, 6.45) is 9.36. The van der Waals surface area contributed by atoms with Gasteiger partial charge in [-0.3, -0.25) is 4.79 Å². The van der Waals surface area contributed by atoms with Crippen LogP contribution >= 0.6 is 0 Å². The molecule has 1 amide bonds. The molecule has 2 aliphatic rings. The van der Waals surface area contributed by atoms with Gasteiger partial charge in [-0.15, -0.1) is 0 Å². The van der Waals surface area contributed by atoms with E-state index in [2.05, 4.69) is 10.6 Å². The van der Waals surface area contributed by atoms with Crippen LogP contribution in [0.5, 0.6) is 0 Å². The molecule has 0 spiro atoms. The van der Waals surface area contributed by atoms with E-state index < -0.39 is 0 Å². The molecule has 126 valence electrons. The first-order chi connectivity index (χ1) is 11.8. The molecule has 4 heteroatoms. The van der Waals surface area contributed by atoms with Crippen molar-refractivity contribution in [3.05, 3.63) is 30.3 Å². The minimum atomic E-state index is 0.163. The van der Waals surface area contributed by atoms with E-state index in [4.69, 9.17) is 4.98 Å². The zero-order chi connectivity index (χ0) is 16.4. The number of hydrogen-bond acceptors (Lipinski definition) is 3. The lowest BCUT2D eigenvalue weighted by atomic mass is 10.1. The van der Waals surface area contributed by atoms with Crippen LogP contribution in [0.3, 0.4) is 0 Å². The van der Waals surface area contributed by atoms with Crippen molar-refractivity contribution >= 4 is 28.3 Å². The van der Waals surface area contributed by atoms with Gasteiger partial charge in [0.15, 0.2) is 0 Å². The number of nitrogens with zero attached hydrogens (tertiary/aromatic N) is 1. The van der Waals surface area contributed by atoms with E-state index in [1.807, 2.05) is 30.3 Å². The number of fused-ring (bicyclic) bond motifs is 1. The van der Waals surface area contributed by atoms with Gasteiger partial charge in [0.2, 0.25) is 5.91 Å². The molecule has 0 unspecified atom stereocenters. The van der Waals surface area contributed by atoms with E-state index in [1.54, 1.807) is 0 Å². The summed E-state index contributed by atoms with van der Waals surface area (Å²) in [5.41, 5.74) is 1.82. The van der Waals surface area contributed by atoms with E-state index in [1.165, 1.54) is 38.5 Å². The minimum Gasteiger partial charge on any atom is -0.367 e. The largest absolute Gasteiger partial charge is 0.367 e. The fraction of sp³-hybridized carbons (Fsp3) is 0.500. The molecule has 0 bridgehead atoms. The third kappa shape index (κ3) is 3.23. The topological polar surface area (TPSA) is 54.0 Å². The highest BCUT2D eigenvalue weighted by Crippen LogP contribution is 2.30. The Morgan fingerprint density at radius 2 is 1.71 bits per heavy atom. The summed E-state index contributed by atoms with van der Waals surface area (Å²) in [4.78, 5) is 17.3. The van der Waals surface area contributed by atoms with Gasteiger partial charge < -0.3 is 10.6 Å². The first kappa shape index (κ1) is 15.4. The average molecular weight is 323 g/mol. The molecule has 1 heterocycles. The zero-order valence-electron chi connectivity index (χ0n) is 14.1. The summed E-state index contributed by atoms with van der Waals surface area (Å²) < 4.78 is 0. The Labute approximate surface area is 143 Å². The van der Waals surface area contributed by atoms with Crippen LogP contribution < -0.4 is 10.6 Å². The molecule has 0 aliphatic heterocycles. The van der Waals surface area contributed by atoms with Gasteiger partial charge in [-0.05, 0) is 31.7 Å². The fourth-order valence-electron chi connectivity index (χ4n) is 4.05. The van der Waals surface area contributed by atoms with Crippen molar-refractivity contribution in [1.82, 2.24) is 4.98 Å². The average Bonchev–Trinajstić information content (AvgIpc) is 3.28. The first-order valence-electron chi connectivity index (χ1n) is 9.27. The molecule has 1 aromatic heterocycles. The molecule has 4 nitrogen and oxygen atoms in total. The molecule has 2 aliphatic carbocycles. The number of para-hydroxylation sites is 1. The van der Waals surface area contributed by atoms with Gasteiger partial charge in [0.05, 0.1) is 11.2 Å². The van der Waals surface area contributed by atoms with Crippen LogP contribution in [-0.4, -0.2) is 16.9 Å². The quantitative estimate of drug-likeness (QED) is 0.856. The smallest absolute Gasteiger partial charge is 0.227 e. The number of carbonyl (C=O) groups is 1. The van der Waals surface area contributed by atoms with E-state index in [-0.39, 0.29) is 11.8 Å². The zero-order valence-corrected chi connectivity index (χ0v) is 14.1. The number of benzene rings is 1. The first-order valence-corrected chi connectivity index (χ1v) is 9.27. The van der Waals surface area contributed by atoms with Crippen LogP contribution in [0.1, 0.15) is 51.4 Å². The summed E-state index contributed by atoms with van der Waals surface area (Å²) in [5.74, 6) is 1.21. The van der Waals surface area contributed by atoms with Crippen molar-refractivity contribution in [2.75, 3.05) is 10.6 Å². The number of nitrogens with one attached hydrogen (secondary N) is 2.